The van der Waals surface area contributed by atoms with Crippen LogP contribution in [-0.2, 0) is 20.3 Å². The quantitative estimate of drug-likeness (QED) is 0.764. The minimum Gasteiger partial charge on any atom is -0.347 e. The Hall–Kier alpha value is 0.160. The van der Waals surface area contributed by atoms with Gasteiger partial charge in [-0.3, -0.25) is 4.21 Å². The highest BCUT2D eigenvalue weighted by atomic mass is 32.2. The molecule has 0 aliphatic carbocycles. The van der Waals surface area contributed by atoms with Crippen molar-refractivity contribution in [2.24, 2.45) is 0 Å². The summed E-state index contributed by atoms with van der Waals surface area (Å²) in [5.41, 5.74) is 0. The normalized spacial score (nSPS) is 27.0. The molecule has 3 nitrogen and oxygen atoms in total. The summed E-state index contributed by atoms with van der Waals surface area (Å²) in [6.45, 7) is 8.31. The molecule has 1 fully saturated rings. The van der Waals surface area contributed by atoms with E-state index >= 15 is 0 Å². The molecule has 1 aliphatic heterocycles. The average molecular weight is 264 g/mol. The van der Waals surface area contributed by atoms with Crippen molar-refractivity contribution in [3.8, 4) is 0 Å². The van der Waals surface area contributed by atoms with Crippen LogP contribution in [0.4, 0.5) is 0 Å². The standard InChI is InChI=1S/C11H20O3S2/c1-5-15-10(16(12)6-2)7-9-8-13-11(3,4)14-9/h7,9H,5-6,8H2,1-4H3/b10-7+/t9-,16?/m0/s1. The van der Waals surface area contributed by atoms with Gasteiger partial charge < -0.3 is 9.47 Å². The molecule has 2 atom stereocenters. The van der Waals surface area contributed by atoms with Crippen molar-refractivity contribution in [3.05, 3.63) is 10.3 Å². The van der Waals surface area contributed by atoms with E-state index in [1.54, 1.807) is 11.8 Å². The summed E-state index contributed by atoms with van der Waals surface area (Å²) in [5.74, 6) is 1.06. The average Bonchev–Trinajstić information content (AvgIpc) is 2.56. The fourth-order valence-corrected chi connectivity index (χ4v) is 3.78. The first-order chi connectivity index (χ1) is 7.48. The van der Waals surface area contributed by atoms with Gasteiger partial charge in [-0.05, 0) is 25.7 Å². The monoisotopic (exact) mass is 264 g/mol. The number of hydrogen-bond donors (Lipinski definition) is 0. The molecule has 16 heavy (non-hydrogen) atoms. The highest BCUT2D eigenvalue weighted by Gasteiger charge is 2.31. The van der Waals surface area contributed by atoms with Gasteiger partial charge >= 0.3 is 0 Å². The first-order valence-electron chi connectivity index (χ1n) is 5.53. The summed E-state index contributed by atoms with van der Waals surface area (Å²) >= 11 is 1.62. The fraction of sp³-hybridized carbons (Fsp3) is 0.818. The van der Waals surface area contributed by atoms with Crippen LogP contribution in [0.1, 0.15) is 27.7 Å². The Morgan fingerprint density at radius 1 is 1.56 bits per heavy atom. The molecule has 1 aliphatic rings. The molecule has 1 rings (SSSR count). The van der Waals surface area contributed by atoms with Crippen LogP contribution in [0.15, 0.2) is 10.3 Å². The second-order valence-electron chi connectivity index (χ2n) is 3.92. The van der Waals surface area contributed by atoms with Crippen LogP contribution < -0.4 is 0 Å². The second kappa shape index (κ2) is 6.19. The van der Waals surface area contributed by atoms with Gasteiger partial charge in [-0.2, -0.15) is 0 Å². The lowest BCUT2D eigenvalue weighted by Crippen LogP contribution is -2.21. The van der Waals surface area contributed by atoms with Crippen LogP contribution in [0.2, 0.25) is 0 Å². The van der Waals surface area contributed by atoms with Gasteiger partial charge in [0, 0.05) is 5.75 Å². The molecule has 1 saturated heterocycles. The molecule has 0 saturated carbocycles. The van der Waals surface area contributed by atoms with Crippen molar-refractivity contribution < 1.29 is 13.7 Å². The van der Waals surface area contributed by atoms with Gasteiger partial charge in [-0.1, -0.05) is 13.8 Å². The van der Waals surface area contributed by atoms with Gasteiger partial charge in [0.25, 0.3) is 0 Å². The van der Waals surface area contributed by atoms with Crippen molar-refractivity contribution in [2.75, 3.05) is 18.1 Å². The Morgan fingerprint density at radius 3 is 2.69 bits per heavy atom. The Morgan fingerprint density at radius 2 is 2.25 bits per heavy atom. The maximum Gasteiger partial charge on any atom is 0.163 e. The van der Waals surface area contributed by atoms with Crippen LogP contribution in [0, 0.1) is 0 Å². The summed E-state index contributed by atoms with van der Waals surface area (Å²) in [6, 6.07) is 0. The topological polar surface area (TPSA) is 35.5 Å². The largest absolute Gasteiger partial charge is 0.347 e. The molecular weight excluding hydrogens is 244 g/mol. The molecule has 0 aromatic heterocycles. The lowest BCUT2D eigenvalue weighted by Gasteiger charge is -2.16. The number of hydrogen-bond acceptors (Lipinski definition) is 4. The molecule has 0 N–H and O–H groups in total. The van der Waals surface area contributed by atoms with Crippen LogP contribution in [0.5, 0.6) is 0 Å². The third-order valence-electron chi connectivity index (χ3n) is 2.13. The van der Waals surface area contributed by atoms with Gasteiger partial charge in [0.1, 0.15) is 6.10 Å². The molecule has 0 bridgehead atoms. The van der Waals surface area contributed by atoms with Crippen LogP contribution in [0.3, 0.4) is 0 Å². The highest BCUT2D eigenvalue weighted by molar-refractivity contribution is 8.16. The molecule has 0 amide bonds. The minimum absolute atomic E-state index is 0.0699. The first kappa shape index (κ1) is 14.2. The highest BCUT2D eigenvalue weighted by Crippen LogP contribution is 2.27. The van der Waals surface area contributed by atoms with Crippen molar-refractivity contribution in [1.29, 1.82) is 0 Å². The predicted molar refractivity (Wildman–Crippen MR) is 69.8 cm³/mol. The van der Waals surface area contributed by atoms with E-state index in [2.05, 4.69) is 6.92 Å². The first-order valence-corrected chi connectivity index (χ1v) is 7.83. The zero-order chi connectivity index (χ0) is 12.2. The number of thioether (sulfide) groups is 1. The van der Waals surface area contributed by atoms with E-state index in [4.69, 9.17) is 9.47 Å². The molecule has 1 heterocycles. The van der Waals surface area contributed by atoms with E-state index in [1.165, 1.54) is 0 Å². The van der Waals surface area contributed by atoms with Gasteiger partial charge in [-0.15, -0.1) is 11.8 Å². The molecule has 0 spiro atoms. The lowest BCUT2D eigenvalue weighted by atomic mass is 10.4. The number of rotatable bonds is 5. The molecule has 0 aromatic rings. The van der Waals surface area contributed by atoms with Crippen molar-refractivity contribution in [1.82, 2.24) is 0 Å². The van der Waals surface area contributed by atoms with Crippen molar-refractivity contribution >= 4 is 22.6 Å². The molecule has 0 radical (unpaired) electrons. The fourth-order valence-electron chi connectivity index (χ4n) is 1.42. The summed E-state index contributed by atoms with van der Waals surface area (Å²) in [7, 11) is -0.897. The van der Waals surface area contributed by atoms with Gasteiger partial charge in [0.15, 0.2) is 5.79 Å². The second-order valence-corrected chi connectivity index (χ2v) is 7.19. The molecular formula is C11H20O3S2. The SMILES string of the molecule is CCS/C(=C\[C@H]1COC(C)(C)O1)S(=O)CC. The smallest absolute Gasteiger partial charge is 0.163 e. The van der Waals surface area contributed by atoms with Gasteiger partial charge in [-0.25, -0.2) is 0 Å². The molecule has 5 heteroatoms. The third-order valence-corrected chi connectivity index (χ3v) is 4.86. The van der Waals surface area contributed by atoms with Crippen LogP contribution in [-0.4, -0.2) is 34.2 Å². The van der Waals surface area contributed by atoms with Crippen molar-refractivity contribution in [2.45, 2.75) is 39.6 Å². The minimum atomic E-state index is -0.897. The van der Waals surface area contributed by atoms with Crippen molar-refractivity contribution in [3.63, 3.8) is 0 Å². The summed E-state index contributed by atoms with van der Waals surface area (Å²) < 4.78 is 23.8. The predicted octanol–water partition coefficient (Wildman–Crippen LogP) is 2.50. The summed E-state index contributed by atoms with van der Waals surface area (Å²) in [4.78, 5) is 0. The van der Waals surface area contributed by atoms with E-state index in [1.807, 2.05) is 26.8 Å². The summed E-state index contributed by atoms with van der Waals surface area (Å²) in [6.07, 6.45) is 1.88. The third kappa shape index (κ3) is 4.20. The van der Waals surface area contributed by atoms with E-state index in [0.29, 0.717) is 12.4 Å². The maximum atomic E-state index is 11.8. The number of ether oxygens (including phenoxy) is 2. The Kier molecular flexibility index (Phi) is 5.50. The van der Waals surface area contributed by atoms with Gasteiger partial charge in [0.05, 0.1) is 21.6 Å². The Bertz CT molecular complexity index is 287. The Balaban J connectivity index is 2.67. The van der Waals surface area contributed by atoms with Crippen LogP contribution in [0.25, 0.3) is 0 Å². The van der Waals surface area contributed by atoms with E-state index < -0.39 is 16.6 Å². The van der Waals surface area contributed by atoms with Crippen LogP contribution >= 0.6 is 11.8 Å². The van der Waals surface area contributed by atoms with Gasteiger partial charge in [0.2, 0.25) is 0 Å². The zero-order valence-electron chi connectivity index (χ0n) is 10.3. The summed E-state index contributed by atoms with van der Waals surface area (Å²) in [5, 5.41) is 0. The van der Waals surface area contributed by atoms with E-state index in [-0.39, 0.29) is 6.10 Å². The molecule has 94 valence electrons. The molecule has 0 aromatic carbocycles. The maximum absolute atomic E-state index is 11.8. The van der Waals surface area contributed by atoms with E-state index in [0.717, 1.165) is 9.99 Å². The Labute approximate surface area is 104 Å². The molecule has 1 unspecified atom stereocenters. The van der Waals surface area contributed by atoms with E-state index in [9.17, 15) is 4.21 Å². The lowest BCUT2D eigenvalue weighted by molar-refractivity contribution is -0.133. The zero-order valence-corrected chi connectivity index (χ0v) is 12.0.